The van der Waals surface area contributed by atoms with Gasteiger partial charge >= 0.3 is 0 Å². The van der Waals surface area contributed by atoms with E-state index in [2.05, 4.69) is 40.1 Å². The second-order valence-corrected chi connectivity index (χ2v) is 5.60. The van der Waals surface area contributed by atoms with Crippen molar-refractivity contribution in [2.45, 2.75) is 26.4 Å². The third kappa shape index (κ3) is 3.34. The van der Waals surface area contributed by atoms with Gasteiger partial charge in [-0.3, -0.25) is 0 Å². The van der Waals surface area contributed by atoms with Crippen LogP contribution in [0.5, 0.6) is 0 Å². The highest BCUT2D eigenvalue weighted by Gasteiger charge is 2.10. The molecule has 3 nitrogen and oxygen atoms in total. The van der Waals surface area contributed by atoms with Gasteiger partial charge < -0.3 is 9.73 Å². The maximum Gasteiger partial charge on any atom is 0.208 e. The molecule has 96 valence electrons. The molecule has 0 amide bonds. The van der Waals surface area contributed by atoms with Gasteiger partial charge in [-0.1, -0.05) is 41.4 Å². The van der Waals surface area contributed by atoms with Crippen LogP contribution >= 0.6 is 27.5 Å². The molecule has 1 aromatic carbocycles. The fraction of sp³-hybridized carbons (Fsp3) is 0.308. The minimum absolute atomic E-state index is 0.398. The third-order valence-electron chi connectivity index (χ3n) is 2.41. The molecule has 0 radical (unpaired) electrons. The molecular formula is C13H14BrClN2O. The molecule has 0 bridgehead atoms. The van der Waals surface area contributed by atoms with Crippen molar-refractivity contribution in [3.8, 4) is 11.3 Å². The summed E-state index contributed by atoms with van der Waals surface area (Å²) in [5, 5.41) is 3.90. The van der Waals surface area contributed by atoms with E-state index in [0.717, 1.165) is 10.0 Å². The third-order valence-corrected chi connectivity index (χ3v) is 3.23. The van der Waals surface area contributed by atoms with Crippen molar-refractivity contribution in [2.75, 3.05) is 0 Å². The molecule has 0 unspecified atom stereocenters. The smallest absolute Gasteiger partial charge is 0.208 e. The van der Waals surface area contributed by atoms with Crippen molar-refractivity contribution >= 4 is 27.5 Å². The van der Waals surface area contributed by atoms with Gasteiger partial charge in [-0.2, -0.15) is 0 Å². The second-order valence-electron chi connectivity index (χ2n) is 4.28. The SMILES string of the molecule is CC(C)NCc1ncc(-c2cc(Br)ccc2Cl)o1. The van der Waals surface area contributed by atoms with E-state index in [0.29, 0.717) is 29.3 Å². The van der Waals surface area contributed by atoms with Crippen LogP contribution in [-0.2, 0) is 6.54 Å². The molecule has 5 heteroatoms. The van der Waals surface area contributed by atoms with Crippen molar-refractivity contribution in [1.82, 2.24) is 10.3 Å². The Morgan fingerprint density at radius 1 is 1.44 bits per heavy atom. The van der Waals surface area contributed by atoms with Gasteiger partial charge in [0.25, 0.3) is 0 Å². The van der Waals surface area contributed by atoms with Crippen LogP contribution in [0.25, 0.3) is 11.3 Å². The topological polar surface area (TPSA) is 38.1 Å². The second kappa shape index (κ2) is 5.87. The number of hydrogen-bond acceptors (Lipinski definition) is 3. The first kappa shape index (κ1) is 13.6. The van der Waals surface area contributed by atoms with Gasteiger partial charge in [-0.15, -0.1) is 0 Å². The summed E-state index contributed by atoms with van der Waals surface area (Å²) >= 11 is 9.56. The van der Waals surface area contributed by atoms with Crippen molar-refractivity contribution in [2.24, 2.45) is 0 Å². The highest BCUT2D eigenvalue weighted by atomic mass is 79.9. The first-order chi connectivity index (χ1) is 8.56. The summed E-state index contributed by atoms with van der Waals surface area (Å²) < 4.78 is 6.64. The van der Waals surface area contributed by atoms with Gasteiger partial charge in [0.1, 0.15) is 0 Å². The molecule has 1 aromatic heterocycles. The molecule has 0 saturated carbocycles. The number of nitrogens with one attached hydrogen (secondary N) is 1. The molecule has 0 fully saturated rings. The molecule has 0 aliphatic carbocycles. The van der Waals surface area contributed by atoms with Crippen molar-refractivity contribution in [1.29, 1.82) is 0 Å². The monoisotopic (exact) mass is 328 g/mol. The van der Waals surface area contributed by atoms with E-state index in [-0.39, 0.29) is 0 Å². The molecular weight excluding hydrogens is 316 g/mol. The summed E-state index contributed by atoms with van der Waals surface area (Å²) in [4.78, 5) is 4.23. The lowest BCUT2D eigenvalue weighted by Crippen LogP contribution is -2.21. The number of hydrogen-bond donors (Lipinski definition) is 1. The molecule has 0 spiro atoms. The lowest BCUT2D eigenvalue weighted by molar-refractivity contribution is 0.459. The minimum Gasteiger partial charge on any atom is -0.439 e. The van der Waals surface area contributed by atoms with Gasteiger partial charge in [0, 0.05) is 16.1 Å². The fourth-order valence-electron chi connectivity index (χ4n) is 1.49. The first-order valence-corrected chi connectivity index (χ1v) is 6.87. The van der Waals surface area contributed by atoms with E-state index in [1.807, 2.05) is 18.2 Å². The lowest BCUT2D eigenvalue weighted by Gasteiger charge is -2.04. The largest absolute Gasteiger partial charge is 0.439 e. The van der Waals surface area contributed by atoms with Crippen LogP contribution in [0.15, 0.2) is 33.3 Å². The summed E-state index contributed by atoms with van der Waals surface area (Å²) in [6.45, 7) is 4.77. The Hall–Kier alpha value is -0.840. The van der Waals surface area contributed by atoms with Crippen LogP contribution in [0, 0.1) is 0 Å². The summed E-state index contributed by atoms with van der Waals surface area (Å²) in [5.74, 6) is 1.34. The Kier molecular flexibility index (Phi) is 4.43. The minimum atomic E-state index is 0.398. The summed E-state index contributed by atoms with van der Waals surface area (Å²) in [6, 6.07) is 6.04. The van der Waals surface area contributed by atoms with E-state index < -0.39 is 0 Å². The van der Waals surface area contributed by atoms with Crippen LogP contribution in [0.3, 0.4) is 0 Å². The van der Waals surface area contributed by atoms with Crippen LogP contribution in [0.2, 0.25) is 5.02 Å². The summed E-state index contributed by atoms with van der Waals surface area (Å²) in [6.07, 6.45) is 1.70. The molecule has 0 saturated heterocycles. The van der Waals surface area contributed by atoms with Gasteiger partial charge in [0.2, 0.25) is 5.89 Å². The average Bonchev–Trinajstić information content (AvgIpc) is 2.78. The van der Waals surface area contributed by atoms with Gasteiger partial charge in [-0.25, -0.2) is 4.98 Å². The van der Waals surface area contributed by atoms with Crippen molar-refractivity contribution < 1.29 is 4.42 Å². The average molecular weight is 330 g/mol. The number of oxazole rings is 1. The number of halogens is 2. The maximum absolute atomic E-state index is 6.14. The van der Waals surface area contributed by atoms with Crippen LogP contribution in [-0.4, -0.2) is 11.0 Å². The lowest BCUT2D eigenvalue weighted by atomic mass is 10.2. The molecule has 18 heavy (non-hydrogen) atoms. The van der Waals surface area contributed by atoms with Gasteiger partial charge in [0.05, 0.1) is 17.8 Å². The highest BCUT2D eigenvalue weighted by Crippen LogP contribution is 2.31. The summed E-state index contributed by atoms with van der Waals surface area (Å²) in [7, 11) is 0. The Labute approximate surface area is 120 Å². The van der Waals surface area contributed by atoms with Crippen molar-refractivity contribution in [3.05, 3.63) is 39.8 Å². The zero-order valence-electron chi connectivity index (χ0n) is 10.2. The Bertz CT molecular complexity index is 540. The van der Waals surface area contributed by atoms with E-state index in [4.69, 9.17) is 16.0 Å². The Morgan fingerprint density at radius 3 is 2.94 bits per heavy atom. The first-order valence-electron chi connectivity index (χ1n) is 5.70. The Balaban J connectivity index is 2.21. The molecule has 0 aliphatic heterocycles. The quantitative estimate of drug-likeness (QED) is 0.911. The molecule has 1 N–H and O–H groups in total. The zero-order chi connectivity index (χ0) is 13.1. The van der Waals surface area contributed by atoms with E-state index >= 15 is 0 Å². The maximum atomic E-state index is 6.14. The van der Waals surface area contributed by atoms with Crippen LogP contribution in [0.4, 0.5) is 0 Å². The number of aromatic nitrogens is 1. The zero-order valence-corrected chi connectivity index (χ0v) is 12.5. The van der Waals surface area contributed by atoms with E-state index in [9.17, 15) is 0 Å². The Morgan fingerprint density at radius 2 is 2.22 bits per heavy atom. The highest BCUT2D eigenvalue weighted by molar-refractivity contribution is 9.10. The number of rotatable bonds is 4. The standard InChI is InChI=1S/C13H14BrClN2O/c1-8(2)16-7-13-17-6-12(18-13)10-5-9(14)3-4-11(10)15/h3-6,8,16H,7H2,1-2H3. The summed E-state index contributed by atoms with van der Waals surface area (Å²) in [5.41, 5.74) is 0.842. The molecule has 0 aliphatic rings. The van der Waals surface area contributed by atoms with Gasteiger partial charge in [-0.05, 0) is 18.2 Å². The number of nitrogens with zero attached hydrogens (tertiary/aromatic N) is 1. The molecule has 0 atom stereocenters. The molecule has 2 aromatic rings. The van der Waals surface area contributed by atoms with Crippen LogP contribution < -0.4 is 5.32 Å². The van der Waals surface area contributed by atoms with Crippen LogP contribution in [0.1, 0.15) is 19.7 Å². The number of benzene rings is 1. The predicted molar refractivity (Wildman–Crippen MR) is 76.6 cm³/mol. The molecule has 2 rings (SSSR count). The van der Waals surface area contributed by atoms with Gasteiger partial charge in [0.15, 0.2) is 5.76 Å². The van der Waals surface area contributed by atoms with E-state index in [1.165, 1.54) is 0 Å². The predicted octanol–water partition coefficient (Wildman–Crippen LogP) is 4.26. The van der Waals surface area contributed by atoms with E-state index in [1.54, 1.807) is 6.20 Å². The van der Waals surface area contributed by atoms with Crippen molar-refractivity contribution in [3.63, 3.8) is 0 Å². The normalized spacial score (nSPS) is 11.2. The molecule has 1 heterocycles. The fourth-order valence-corrected chi connectivity index (χ4v) is 2.07.